The Morgan fingerprint density at radius 3 is 2.45 bits per heavy atom. The molecule has 1 aromatic carbocycles. The molecule has 1 aliphatic heterocycles. The summed E-state index contributed by atoms with van der Waals surface area (Å²) in [6.45, 7) is 11.3. The molecule has 1 saturated heterocycles. The van der Waals surface area contributed by atoms with Gasteiger partial charge in [-0.1, -0.05) is 25.1 Å². The second-order valence-corrected chi connectivity index (χ2v) is 7.75. The van der Waals surface area contributed by atoms with Gasteiger partial charge >= 0.3 is 0 Å². The van der Waals surface area contributed by atoms with Crippen molar-refractivity contribution < 1.29 is 14.3 Å². The lowest BCUT2D eigenvalue weighted by atomic mass is 9.95. The molecule has 1 N–H and O–H groups in total. The zero-order valence-corrected chi connectivity index (χ0v) is 17.7. The van der Waals surface area contributed by atoms with Crippen LogP contribution in [0.3, 0.4) is 0 Å². The Balaban J connectivity index is 1.73. The minimum absolute atomic E-state index is 0.210. The quantitative estimate of drug-likeness (QED) is 0.572. The Kier molecular flexibility index (Phi) is 6.49. The van der Waals surface area contributed by atoms with E-state index in [1.807, 2.05) is 37.3 Å². The van der Waals surface area contributed by atoms with Crippen LogP contribution in [0.15, 0.2) is 30.3 Å². The van der Waals surface area contributed by atoms with E-state index >= 15 is 0 Å². The fourth-order valence-corrected chi connectivity index (χ4v) is 3.82. The van der Waals surface area contributed by atoms with Crippen molar-refractivity contribution in [2.45, 2.75) is 39.7 Å². The third kappa shape index (κ3) is 4.41. The number of nitrogens with zero attached hydrogens (tertiary/aromatic N) is 3. The molecule has 7 heteroatoms. The number of ketones is 1. The standard InChI is InChI=1S/C22H30N4O3/c1-5-22(4,25-11-13-29-14-12-25)15-23-21(28)20(27)19-16(2)24-26(17(19)3)18-9-7-6-8-10-18/h6-10H,5,11-15H2,1-4H3,(H,23,28). The van der Waals surface area contributed by atoms with Crippen LogP contribution in [0.25, 0.3) is 5.69 Å². The molecule has 2 heterocycles. The minimum Gasteiger partial charge on any atom is -0.379 e. The number of hydrogen-bond acceptors (Lipinski definition) is 5. The maximum atomic E-state index is 12.9. The van der Waals surface area contributed by atoms with Crippen LogP contribution in [0.4, 0.5) is 0 Å². The van der Waals surface area contributed by atoms with Gasteiger partial charge in [-0.05, 0) is 39.3 Å². The topological polar surface area (TPSA) is 76.5 Å². The zero-order valence-electron chi connectivity index (χ0n) is 17.7. The highest BCUT2D eigenvalue weighted by molar-refractivity contribution is 6.43. The largest absolute Gasteiger partial charge is 0.379 e. The summed E-state index contributed by atoms with van der Waals surface area (Å²) < 4.78 is 7.14. The molecule has 1 unspecified atom stereocenters. The lowest BCUT2D eigenvalue weighted by molar-refractivity contribution is -0.117. The summed E-state index contributed by atoms with van der Waals surface area (Å²) in [4.78, 5) is 27.9. The van der Waals surface area contributed by atoms with E-state index in [-0.39, 0.29) is 5.54 Å². The van der Waals surface area contributed by atoms with Crippen molar-refractivity contribution in [3.8, 4) is 5.69 Å². The van der Waals surface area contributed by atoms with Crippen molar-refractivity contribution in [3.63, 3.8) is 0 Å². The molecule has 7 nitrogen and oxygen atoms in total. The average molecular weight is 399 g/mol. The van der Waals surface area contributed by atoms with Gasteiger partial charge < -0.3 is 10.1 Å². The molecular formula is C22H30N4O3. The van der Waals surface area contributed by atoms with Gasteiger partial charge in [0.25, 0.3) is 11.7 Å². The molecular weight excluding hydrogens is 368 g/mol. The summed E-state index contributed by atoms with van der Waals surface area (Å²) in [7, 11) is 0. The van der Waals surface area contributed by atoms with Gasteiger partial charge in [-0.15, -0.1) is 0 Å². The van der Waals surface area contributed by atoms with Crippen molar-refractivity contribution >= 4 is 11.7 Å². The number of morpholine rings is 1. The summed E-state index contributed by atoms with van der Waals surface area (Å²) >= 11 is 0. The second-order valence-electron chi connectivity index (χ2n) is 7.75. The maximum absolute atomic E-state index is 12.9. The van der Waals surface area contributed by atoms with Gasteiger partial charge in [0.2, 0.25) is 0 Å². The number of hydrogen-bond donors (Lipinski definition) is 1. The molecule has 0 saturated carbocycles. The van der Waals surface area contributed by atoms with Crippen LogP contribution in [0.1, 0.15) is 42.0 Å². The Bertz CT molecular complexity index is 872. The molecule has 29 heavy (non-hydrogen) atoms. The highest BCUT2D eigenvalue weighted by Crippen LogP contribution is 2.21. The van der Waals surface area contributed by atoms with Crippen molar-refractivity contribution in [1.29, 1.82) is 0 Å². The molecule has 0 aliphatic carbocycles. The molecule has 2 aromatic rings. The summed E-state index contributed by atoms with van der Waals surface area (Å²) in [6.07, 6.45) is 0.867. The smallest absolute Gasteiger partial charge is 0.292 e. The molecule has 0 spiro atoms. The average Bonchev–Trinajstić information content (AvgIpc) is 3.06. The van der Waals surface area contributed by atoms with Gasteiger partial charge in [-0.2, -0.15) is 5.10 Å². The van der Waals surface area contributed by atoms with E-state index in [1.165, 1.54) is 0 Å². The lowest BCUT2D eigenvalue weighted by Crippen LogP contribution is -2.57. The van der Waals surface area contributed by atoms with E-state index < -0.39 is 11.7 Å². The highest BCUT2D eigenvalue weighted by atomic mass is 16.5. The van der Waals surface area contributed by atoms with Gasteiger partial charge in [0, 0.05) is 25.2 Å². The van der Waals surface area contributed by atoms with Crippen molar-refractivity contribution in [2.24, 2.45) is 0 Å². The first-order chi connectivity index (χ1) is 13.9. The Hall–Kier alpha value is -2.51. The van der Waals surface area contributed by atoms with Crippen molar-refractivity contribution in [2.75, 3.05) is 32.8 Å². The van der Waals surface area contributed by atoms with Crippen LogP contribution in [0, 0.1) is 13.8 Å². The molecule has 3 rings (SSSR count). The van der Waals surface area contributed by atoms with Gasteiger partial charge in [0.1, 0.15) is 0 Å². The molecule has 0 radical (unpaired) electrons. The summed E-state index contributed by atoms with van der Waals surface area (Å²) in [6, 6.07) is 9.59. The van der Waals surface area contributed by atoms with Crippen molar-refractivity contribution in [3.05, 3.63) is 47.3 Å². The Morgan fingerprint density at radius 2 is 1.83 bits per heavy atom. The second kappa shape index (κ2) is 8.88. The number of nitrogens with one attached hydrogen (secondary N) is 1. The number of benzene rings is 1. The lowest BCUT2D eigenvalue weighted by Gasteiger charge is -2.42. The first-order valence-corrected chi connectivity index (χ1v) is 10.1. The summed E-state index contributed by atoms with van der Waals surface area (Å²) in [5, 5.41) is 7.34. The van der Waals surface area contributed by atoms with E-state index in [9.17, 15) is 9.59 Å². The Morgan fingerprint density at radius 1 is 1.17 bits per heavy atom. The first kappa shape index (κ1) is 21.2. The number of aryl methyl sites for hydroxylation is 1. The molecule has 156 valence electrons. The number of carbonyl (C=O) groups excluding carboxylic acids is 2. The van der Waals surface area contributed by atoms with E-state index in [0.29, 0.717) is 36.7 Å². The number of rotatable bonds is 7. The van der Waals surface area contributed by atoms with E-state index in [4.69, 9.17) is 4.74 Å². The third-order valence-corrected chi connectivity index (χ3v) is 5.89. The molecule has 0 bridgehead atoms. The normalized spacial score (nSPS) is 17.0. The van der Waals surface area contributed by atoms with Gasteiger partial charge in [0.05, 0.1) is 35.9 Å². The highest BCUT2D eigenvalue weighted by Gasteiger charge is 2.33. The third-order valence-electron chi connectivity index (χ3n) is 5.89. The number of aromatic nitrogens is 2. The number of amides is 1. The monoisotopic (exact) mass is 398 g/mol. The van der Waals surface area contributed by atoms with Crippen LogP contribution in [0.2, 0.25) is 0 Å². The van der Waals surface area contributed by atoms with Gasteiger partial charge in [-0.25, -0.2) is 4.68 Å². The van der Waals surface area contributed by atoms with Crippen molar-refractivity contribution in [1.82, 2.24) is 20.0 Å². The summed E-state index contributed by atoms with van der Waals surface area (Å²) in [5.74, 6) is -1.13. The molecule has 1 fully saturated rings. The predicted molar refractivity (Wildman–Crippen MR) is 111 cm³/mol. The first-order valence-electron chi connectivity index (χ1n) is 10.1. The zero-order chi connectivity index (χ0) is 21.0. The van der Waals surface area contributed by atoms with E-state index in [1.54, 1.807) is 11.6 Å². The maximum Gasteiger partial charge on any atom is 0.292 e. The fraction of sp³-hybridized carbons (Fsp3) is 0.500. The number of carbonyl (C=O) groups is 2. The predicted octanol–water partition coefficient (Wildman–Crippen LogP) is 2.29. The van der Waals surface area contributed by atoms with Crippen LogP contribution < -0.4 is 5.32 Å². The van der Waals surface area contributed by atoms with Crippen LogP contribution in [-0.4, -0.2) is 64.8 Å². The van der Waals surface area contributed by atoms with E-state index in [0.717, 1.165) is 25.2 Å². The number of ether oxygens (including phenoxy) is 1. The molecule has 1 aliphatic rings. The Labute approximate surface area is 172 Å². The SMILES string of the molecule is CCC(C)(CNC(=O)C(=O)c1c(C)nn(-c2ccccc2)c1C)N1CCOCC1. The molecule has 1 atom stereocenters. The molecule has 1 aromatic heterocycles. The minimum atomic E-state index is -0.586. The van der Waals surface area contributed by atoms with Gasteiger partial charge in [0.15, 0.2) is 0 Å². The van der Waals surface area contributed by atoms with Crippen LogP contribution >= 0.6 is 0 Å². The van der Waals surface area contributed by atoms with E-state index in [2.05, 4.69) is 29.2 Å². The molecule has 1 amide bonds. The van der Waals surface area contributed by atoms with Gasteiger partial charge in [-0.3, -0.25) is 14.5 Å². The van der Waals surface area contributed by atoms with Crippen LogP contribution in [0.5, 0.6) is 0 Å². The van der Waals surface area contributed by atoms with Crippen LogP contribution in [-0.2, 0) is 9.53 Å². The number of Topliss-reactive ketones (excluding diaryl/α,β-unsaturated/α-hetero) is 1. The number of para-hydroxylation sites is 1. The fourth-order valence-electron chi connectivity index (χ4n) is 3.82. The summed E-state index contributed by atoms with van der Waals surface area (Å²) in [5.41, 5.74) is 2.24.